The summed E-state index contributed by atoms with van der Waals surface area (Å²) in [6, 6.07) is 14.1. The highest BCUT2D eigenvalue weighted by atomic mass is 32.2. The molecule has 2 atom stereocenters. The molecule has 1 heterocycles. The van der Waals surface area contributed by atoms with Crippen molar-refractivity contribution in [3.8, 4) is 0 Å². The number of hydrogen-bond acceptors (Lipinski definition) is 7. The molecule has 9 nitrogen and oxygen atoms in total. The highest BCUT2D eigenvalue weighted by Gasteiger charge is 2.39. The third kappa shape index (κ3) is 4.97. The smallest absolute Gasteiger partial charge is 0.354 e. The van der Waals surface area contributed by atoms with Gasteiger partial charge in [0.15, 0.2) is 0 Å². The minimum absolute atomic E-state index is 0.000883. The number of likely N-dealkylation sites (N-methyl/N-ethyl adjacent to an activating group) is 1. The number of para-hydroxylation sites is 1. The van der Waals surface area contributed by atoms with Crippen molar-refractivity contribution in [1.29, 1.82) is 0 Å². The van der Waals surface area contributed by atoms with Gasteiger partial charge in [-0.3, -0.25) is 9.80 Å². The molecule has 170 valence electrons. The molecule has 0 saturated carbocycles. The van der Waals surface area contributed by atoms with Gasteiger partial charge in [0.1, 0.15) is 11.8 Å². The molecule has 1 amide bonds. The SMILES string of the molecule is CCOC(=O)C1=NN(c2ccccc2)C(C(=O)N(C)C(C)c2ccc(S(N)(=O)=O)cc2)C1. The van der Waals surface area contributed by atoms with E-state index in [-0.39, 0.29) is 35.6 Å². The van der Waals surface area contributed by atoms with Crippen molar-refractivity contribution in [3.05, 3.63) is 60.2 Å². The zero-order valence-electron chi connectivity index (χ0n) is 18.1. The first kappa shape index (κ1) is 23.4. The Morgan fingerprint density at radius 3 is 2.38 bits per heavy atom. The van der Waals surface area contributed by atoms with Crippen LogP contribution in [-0.2, 0) is 24.3 Å². The molecule has 0 spiro atoms. The maximum Gasteiger partial charge on any atom is 0.354 e. The van der Waals surface area contributed by atoms with Gasteiger partial charge in [-0.15, -0.1) is 0 Å². The molecular formula is C22H26N4O5S. The number of hydrazone groups is 1. The van der Waals surface area contributed by atoms with Crippen molar-refractivity contribution in [1.82, 2.24) is 4.90 Å². The summed E-state index contributed by atoms with van der Waals surface area (Å²) in [6.45, 7) is 3.76. The van der Waals surface area contributed by atoms with E-state index >= 15 is 0 Å². The van der Waals surface area contributed by atoms with Crippen molar-refractivity contribution >= 4 is 33.3 Å². The monoisotopic (exact) mass is 458 g/mol. The number of benzene rings is 2. The molecule has 0 bridgehead atoms. The van der Waals surface area contributed by atoms with E-state index < -0.39 is 22.0 Å². The van der Waals surface area contributed by atoms with E-state index in [1.807, 2.05) is 37.3 Å². The van der Waals surface area contributed by atoms with Crippen LogP contribution in [0.3, 0.4) is 0 Å². The van der Waals surface area contributed by atoms with Gasteiger partial charge in [-0.25, -0.2) is 18.4 Å². The van der Waals surface area contributed by atoms with Gasteiger partial charge in [0.05, 0.1) is 23.2 Å². The normalized spacial score (nSPS) is 16.9. The van der Waals surface area contributed by atoms with Crippen molar-refractivity contribution in [2.24, 2.45) is 10.2 Å². The zero-order chi connectivity index (χ0) is 23.5. The summed E-state index contributed by atoms with van der Waals surface area (Å²) in [5.41, 5.74) is 1.61. The van der Waals surface area contributed by atoms with E-state index in [0.717, 1.165) is 5.56 Å². The summed E-state index contributed by atoms with van der Waals surface area (Å²) in [6.07, 6.45) is 0.119. The summed E-state index contributed by atoms with van der Waals surface area (Å²) >= 11 is 0. The Balaban J connectivity index is 1.84. The Morgan fingerprint density at radius 2 is 1.81 bits per heavy atom. The van der Waals surface area contributed by atoms with Gasteiger partial charge >= 0.3 is 5.97 Å². The standard InChI is InChI=1S/C22H26N4O5S/c1-4-31-22(28)19-14-20(26(24-19)17-8-6-5-7-9-17)21(27)25(3)15(2)16-10-12-18(13-11-16)32(23,29)30/h5-13,15,20H,4,14H2,1-3H3,(H2,23,29,30). The van der Waals surface area contributed by atoms with E-state index in [9.17, 15) is 18.0 Å². The van der Waals surface area contributed by atoms with Crippen LogP contribution in [0, 0.1) is 0 Å². The van der Waals surface area contributed by atoms with Gasteiger partial charge in [0.2, 0.25) is 15.9 Å². The number of anilines is 1. The van der Waals surface area contributed by atoms with Crippen molar-refractivity contribution in [2.45, 2.75) is 37.2 Å². The second-order valence-electron chi connectivity index (χ2n) is 7.41. The average molecular weight is 459 g/mol. The van der Waals surface area contributed by atoms with Crippen LogP contribution in [0.1, 0.15) is 31.9 Å². The third-order valence-electron chi connectivity index (χ3n) is 5.35. The first-order valence-electron chi connectivity index (χ1n) is 10.1. The quantitative estimate of drug-likeness (QED) is 0.634. The van der Waals surface area contributed by atoms with Crippen LogP contribution in [0.15, 0.2) is 64.6 Å². The van der Waals surface area contributed by atoms with Gasteiger partial charge in [-0.2, -0.15) is 5.10 Å². The van der Waals surface area contributed by atoms with Crippen LogP contribution in [0.5, 0.6) is 0 Å². The van der Waals surface area contributed by atoms with Crippen molar-refractivity contribution in [3.63, 3.8) is 0 Å². The van der Waals surface area contributed by atoms with Gasteiger partial charge in [-0.05, 0) is 43.7 Å². The summed E-state index contributed by atoms with van der Waals surface area (Å²) in [7, 11) is -2.14. The number of carbonyl (C=O) groups is 2. The summed E-state index contributed by atoms with van der Waals surface area (Å²) in [4.78, 5) is 27.3. The molecule has 1 aliphatic rings. The molecule has 2 N–H and O–H groups in total. The molecule has 3 rings (SSSR count). The molecular weight excluding hydrogens is 432 g/mol. The molecule has 1 aliphatic heterocycles. The zero-order valence-corrected chi connectivity index (χ0v) is 19.0. The Hall–Kier alpha value is -3.24. The average Bonchev–Trinajstić information content (AvgIpc) is 3.23. The molecule has 32 heavy (non-hydrogen) atoms. The van der Waals surface area contributed by atoms with Crippen LogP contribution in [0.25, 0.3) is 0 Å². The second kappa shape index (κ2) is 9.49. The number of carbonyl (C=O) groups excluding carboxylic acids is 2. The lowest BCUT2D eigenvalue weighted by Gasteiger charge is -2.31. The first-order valence-corrected chi connectivity index (χ1v) is 11.7. The van der Waals surface area contributed by atoms with Gasteiger partial charge in [0, 0.05) is 13.5 Å². The van der Waals surface area contributed by atoms with E-state index in [4.69, 9.17) is 9.88 Å². The number of amides is 1. The van der Waals surface area contributed by atoms with Crippen LogP contribution < -0.4 is 10.1 Å². The highest BCUT2D eigenvalue weighted by molar-refractivity contribution is 7.89. The van der Waals surface area contributed by atoms with Crippen LogP contribution >= 0.6 is 0 Å². The van der Waals surface area contributed by atoms with E-state index in [2.05, 4.69) is 5.10 Å². The van der Waals surface area contributed by atoms with Gasteiger partial charge in [0.25, 0.3) is 0 Å². The molecule has 0 aliphatic carbocycles. The van der Waals surface area contributed by atoms with Gasteiger partial charge in [-0.1, -0.05) is 30.3 Å². The fraction of sp³-hybridized carbons (Fsp3) is 0.318. The van der Waals surface area contributed by atoms with Gasteiger partial charge < -0.3 is 9.64 Å². The maximum atomic E-state index is 13.4. The van der Waals surface area contributed by atoms with E-state index in [1.165, 1.54) is 12.1 Å². The minimum Gasteiger partial charge on any atom is -0.461 e. The molecule has 2 unspecified atom stereocenters. The Bertz CT molecular complexity index is 1120. The Morgan fingerprint density at radius 1 is 1.19 bits per heavy atom. The number of ether oxygens (including phenoxy) is 1. The predicted molar refractivity (Wildman–Crippen MR) is 120 cm³/mol. The lowest BCUT2D eigenvalue weighted by Crippen LogP contribution is -2.44. The fourth-order valence-corrected chi connectivity index (χ4v) is 3.96. The number of nitrogens with two attached hydrogens (primary N) is 1. The molecule has 10 heteroatoms. The summed E-state index contributed by atoms with van der Waals surface area (Å²) < 4.78 is 28.1. The Kier molecular flexibility index (Phi) is 6.95. The molecule has 2 aromatic rings. The number of rotatable bonds is 7. The van der Waals surface area contributed by atoms with E-state index in [0.29, 0.717) is 5.69 Å². The van der Waals surface area contributed by atoms with Crippen molar-refractivity contribution in [2.75, 3.05) is 18.7 Å². The molecule has 0 aromatic heterocycles. The third-order valence-corrected chi connectivity index (χ3v) is 6.28. The topological polar surface area (TPSA) is 122 Å². The largest absolute Gasteiger partial charge is 0.461 e. The number of hydrogen-bond donors (Lipinski definition) is 1. The maximum absolute atomic E-state index is 13.4. The highest BCUT2D eigenvalue weighted by Crippen LogP contribution is 2.28. The summed E-state index contributed by atoms with van der Waals surface area (Å²) in [5, 5.41) is 11.1. The van der Waals surface area contributed by atoms with Crippen LogP contribution in [0.4, 0.5) is 5.69 Å². The summed E-state index contributed by atoms with van der Waals surface area (Å²) in [5.74, 6) is -0.780. The van der Waals surface area contributed by atoms with Crippen molar-refractivity contribution < 1.29 is 22.7 Å². The van der Waals surface area contributed by atoms with Crippen LogP contribution in [-0.4, -0.2) is 50.6 Å². The predicted octanol–water partition coefficient (Wildman–Crippen LogP) is 2.05. The fourth-order valence-electron chi connectivity index (χ4n) is 3.44. The number of esters is 1. The number of nitrogens with zero attached hydrogens (tertiary/aromatic N) is 3. The molecule has 2 aromatic carbocycles. The Labute approximate surface area is 187 Å². The second-order valence-corrected chi connectivity index (χ2v) is 8.97. The first-order chi connectivity index (χ1) is 15.1. The minimum atomic E-state index is -3.80. The number of sulfonamides is 1. The lowest BCUT2D eigenvalue weighted by atomic mass is 10.0. The molecule has 0 radical (unpaired) electrons. The van der Waals surface area contributed by atoms with Crippen LogP contribution in [0.2, 0.25) is 0 Å². The molecule has 0 saturated heterocycles. The molecule has 0 fully saturated rings. The van der Waals surface area contributed by atoms with E-state index in [1.54, 1.807) is 36.0 Å². The number of primary sulfonamides is 1. The lowest BCUT2D eigenvalue weighted by molar-refractivity contribution is -0.135.